The topological polar surface area (TPSA) is 64.2 Å². The second-order valence-electron chi connectivity index (χ2n) is 2.15. The maximum atomic E-state index is 8.99. The van der Waals surface area contributed by atoms with Crippen LogP contribution in [0.15, 0.2) is 30.3 Å². The summed E-state index contributed by atoms with van der Waals surface area (Å²) in [6.07, 6.45) is 0. The van der Waals surface area contributed by atoms with Gasteiger partial charge in [0.15, 0.2) is 0 Å². The lowest BCUT2D eigenvalue weighted by Crippen LogP contribution is -2.21. The lowest BCUT2D eigenvalue weighted by molar-refractivity contribution is -0.117. The smallest absolute Gasteiger partial charge is 0.282 e. The second kappa shape index (κ2) is 2.70. The number of rotatable bonds is 1. The van der Waals surface area contributed by atoms with Gasteiger partial charge in [0.25, 0.3) is 5.79 Å². The SMILES string of the molecule is N#CC(O)(O)c1ccccc1. The lowest BCUT2D eigenvalue weighted by atomic mass is 10.1. The first-order valence-electron chi connectivity index (χ1n) is 3.08. The molecule has 0 amide bonds. The fourth-order valence-electron chi connectivity index (χ4n) is 0.735. The minimum atomic E-state index is -2.36. The highest BCUT2D eigenvalue weighted by molar-refractivity contribution is 5.24. The third kappa shape index (κ3) is 1.55. The Bertz CT molecular complexity index is 274. The number of hydrogen-bond acceptors (Lipinski definition) is 3. The highest BCUT2D eigenvalue weighted by atomic mass is 16.5. The fraction of sp³-hybridized carbons (Fsp3) is 0.125. The molecule has 0 aliphatic heterocycles. The molecule has 0 unspecified atom stereocenters. The van der Waals surface area contributed by atoms with Gasteiger partial charge < -0.3 is 10.2 Å². The van der Waals surface area contributed by atoms with Gasteiger partial charge in [-0.2, -0.15) is 5.26 Å². The summed E-state index contributed by atoms with van der Waals surface area (Å²) in [6.45, 7) is 0. The van der Waals surface area contributed by atoms with Crippen LogP contribution in [-0.4, -0.2) is 10.2 Å². The van der Waals surface area contributed by atoms with Crippen LogP contribution >= 0.6 is 0 Å². The molecule has 56 valence electrons. The van der Waals surface area contributed by atoms with Gasteiger partial charge in [0.2, 0.25) is 0 Å². The normalized spacial score (nSPS) is 10.6. The predicted octanol–water partition coefficient (Wildman–Crippen LogP) is 0.348. The Kier molecular flexibility index (Phi) is 1.90. The van der Waals surface area contributed by atoms with E-state index in [9.17, 15) is 0 Å². The Morgan fingerprint density at radius 2 is 1.73 bits per heavy atom. The molecule has 0 radical (unpaired) electrons. The summed E-state index contributed by atoms with van der Waals surface area (Å²) >= 11 is 0. The Labute approximate surface area is 64.1 Å². The van der Waals surface area contributed by atoms with Crippen LogP contribution in [0.25, 0.3) is 0 Å². The number of benzene rings is 1. The Morgan fingerprint density at radius 1 is 1.18 bits per heavy atom. The van der Waals surface area contributed by atoms with E-state index in [1.165, 1.54) is 18.2 Å². The largest absolute Gasteiger partial charge is 0.350 e. The fourth-order valence-corrected chi connectivity index (χ4v) is 0.735. The molecule has 1 rings (SSSR count). The van der Waals surface area contributed by atoms with Crippen LogP contribution in [-0.2, 0) is 5.79 Å². The molecule has 0 spiro atoms. The molecule has 2 N–H and O–H groups in total. The minimum absolute atomic E-state index is 0.183. The molecule has 0 atom stereocenters. The average Bonchev–Trinajstić information content (AvgIpc) is 2.06. The minimum Gasteiger partial charge on any atom is -0.350 e. The van der Waals surface area contributed by atoms with Gasteiger partial charge in [-0.3, -0.25) is 0 Å². The molecule has 0 heterocycles. The zero-order valence-electron chi connectivity index (χ0n) is 5.73. The maximum Gasteiger partial charge on any atom is 0.282 e. The number of nitrogens with zero attached hydrogens (tertiary/aromatic N) is 1. The third-order valence-corrected chi connectivity index (χ3v) is 1.33. The van der Waals surface area contributed by atoms with Crippen molar-refractivity contribution in [3.8, 4) is 6.07 Å². The van der Waals surface area contributed by atoms with E-state index in [-0.39, 0.29) is 5.56 Å². The summed E-state index contributed by atoms with van der Waals surface area (Å²) in [6, 6.07) is 9.32. The maximum absolute atomic E-state index is 8.99. The van der Waals surface area contributed by atoms with Gasteiger partial charge in [0.1, 0.15) is 6.07 Å². The molecule has 0 aliphatic carbocycles. The van der Waals surface area contributed by atoms with E-state index >= 15 is 0 Å². The van der Waals surface area contributed by atoms with Gasteiger partial charge in [-0.15, -0.1) is 0 Å². The van der Waals surface area contributed by atoms with Gasteiger partial charge in [-0.1, -0.05) is 30.3 Å². The van der Waals surface area contributed by atoms with Crippen molar-refractivity contribution >= 4 is 0 Å². The molecule has 3 heteroatoms. The summed E-state index contributed by atoms with van der Waals surface area (Å²) in [7, 11) is 0. The first kappa shape index (κ1) is 7.73. The third-order valence-electron chi connectivity index (χ3n) is 1.33. The van der Waals surface area contributed by atoms with Gasteiger partial charge in [0.05, 0.1) is 0 Å². The zero-order valence-corrected chi connectivity index (χ0v) is 5.73. The summed E-state index contributed by atoms with van der Waals surface area (Å²) in [5.41, 5.74) is 0.183. The van der Waals surface area contributed by atoms with Crippen LogP contribution in [0.2, 0.25) is 0 Å². The highest BCUT2D eigenvalue weighted by Gasteiger charge is 2.24. The second-order valence-corrected chi connectivity index (χ2v) is 2.15. The van der Waals surface area contributed by atoms with Crippen LogP contribution in [0, 0.1) is 11.3 Å². The van der Waals surface area contributed by atoms with Crippen molar-refractivity contribution in [2.24, 2.45) is 0 Å². The molecule has 1 aromatic carbocycles. The summed E-state index contributed by atoms with van der Waals surface area (Å²) in [4.78, 5) is 0. The highest BCUT2D eigenvalue weighted by Crippen LogP contribution is 2.15. The van der Waals surface area contributed by atoms with E-state index < -0.39 is 5.79 Å². The van der Waals surface area contributed by atoms with Crippen LogP contribution in [0.4, 0.5) is 0 Å². The van der Waals surface area contributed by atoms with Crippen molar-refractivity contribution in [3.05, 3.63) is 35.9 Å². The van der Waals surface area contributed by atoms with Gasteiger partial charge >= 0.3 is 0 Å². The van der Waals surface area contributed by atoms with Crippen molar-refractivity contribution < 1.29 is 10.2 Å². The molecule has 0 bridgehead atoms. The van der Waals surface area contributed by atoms with Crippen LogP contribution < -0.4 is 0 Å². The summed E-state index contributed by atoms with van der Waals surface area (Å²) in [5, 5.41) is 26.3. The molecule has 0 aliphatic rings. The summed E-state index contributed by atoms with van der Waals surface area (Å²) in [5.74, 6) is -2.36. The van der Waals surface area contributed by atoms with Crippen molar-refractivity contribution in [3.63, 3.8) is 0 Å². The molecule has 0 aromatic heterocycles. The van der Waals surface area contributed by atoms with Crippen LogP contribution in [0.3, 0.4) is 0 Å². The standard InChI is InChI=1S/C8H7NO2/c9-6-8(10,11)7-4-2-1-3-5-7/h1-5,10-11H. The molecule has 11 heavy (non-hydrogen) atoms. The van der Waals surface area contributed by atoms with Gasteiger partial charge in [-0.05, 0) is 0 Å². The number of hydrogen-bond donors (Lipinski definition) is 2. The zero-order chi connectivity index (χ0) is 8.32. The van der Waals surface area contributed by atoms with E-state index in [1.807, 2.05) is 0 Å². The van der Waals surface area contributed by atoms with Crippen molar-refractivity contribution in [2.45, 2.75) is 5.79 Å². The van der Waals surface area contributed by atoms with E-state index in [0.717, 1.165) is 0 Å². The molecular formula is C8H7NO2. The molecule has 0 saturated heterocycles. The van der Waals surface area contributed by atoms with Crippen molar-refractivity contribution in [1.82, 2.24) is 0 Å². The molecular weight excluding hydrogens is 142 g/mol. The van der Waals surface area contributed by atoms with E-state index in [0.29, 0.717) is 0 Å². The van der Waals surface area contributed by atoms with E-state index in [1.54, 1.807) is 18.2 Å². The van der Waals surface area contributed by atoms with Crippen molar-refractivity contribution in [2.75, 3.05) is 0 Å². The molecule has 0 saturated carbocycles. The number of aliphatic hydroxyl groups is 2. The first-order valence-corrected chi connectivity index (χ1v) is 3.08. The average molecular weight is 149 g/mol. The van der Waals surface area contributed by atoms with Gasteiger partial charge in [0, 0.05) is 5.56 Å². The molecule has 1 aromatic rings. The van der Waals surface area contributed by atoms with Crippen molar-refractivity contribution in [1.29, 1.82) is 5.26 Å². The molecule has 0 fully saturated rings. The quantitative estimate of drug-likeness (QED) is 0.447. The lowest BCUT2D eigenvalue weighted by Gasteiger charge is -2.11. The van der Waals surface area contributed by atoms with Gasteiger partial charge in [-0.25, -0.2) is 0 Å². The van der Waals surface area contributed by atoms with E-state index in [4.69, 9.17) is 15.5 Å². The molecule has 3 nitrogen and oxygen atoms in total. The van der Waals surface area contributed by atoms with Crippen LogP contribution in [0.5, 0.6) is 0 Å². The Hall–Kier alpha value is -1.37. The number of nitriles is 1. The van der Waals surface area contributed by atoms with E-state index in [2.05, 4.69) is 0 Å². The Morgan fingerprint density at radius 3 is 2.18 bits per heavy atom. The van der Waals surface area contributed by atoms with Crippen LogP contribution in [0.1, 0.15) is 5.56 Å². The first-order chi connectivity index (χ1) is 5.17. The monoisotopic (exact) mass is 149 g/mol. The Balaban J connectivity index is 3.05. The summed E-state index contributed by atoms with van der Waals surface area (Å²) < 4.78 is 0. The predicted molar refractivity (Wildman–Crippen MR) is 38.2 cm³/mol.